The molecule has 0 saturated heterocycles. The van der Waals surface area contributed by atoms with Gasteiger partial charge < -0.3 is 13.3 Å². The molecule has 2 fully saturated rings. The Labute approximate surface area is 202 Å². The van der Waals surface area contributed by atoms with Crippen LogP contribution < -0.4 is 8.91 Å². The molecule has 7 heteroatoms. The van der Waals surface area contributed by atoms with E-state index < -0.39 is 11.3 Å². The lowest BCUT2D eigenvalue weighted by molar-refractivity contribution is -0.140. The molecule has 0 aliphatic heterocycles. The van der Waals surface area contributed by atoms with Crippen molar-refractivity contribution in [2.45, 2.75) is 51.0 Å². The van der Waals surface area contributed by atoms with E-state index >= 15 is 0 Å². The summed E-state index contributed by atoms with van der Waals surface area (Å²) >= 11 is -1.62. The van der Waals surface area contributed by atoms with Crippen molar-refractivity contribution < 1.29 is 22.3 Å². The average Bonchev–Trinajstić information content (AvgIpc) is 3.55. The largest absolute Gasteiger partial charge is 0.469 e. The van der Waals surface area contributed by atoms with Crippen LogP contribution in [-0.2, 0) is 20.8 Å². The highest BCUT2D eigenvalue weighted by molar-refractivity contribution is 7.78. The highest BCUT2D eigenvalue weighted by Crippen LogP contribution is 2.50. The molecular formula is C27H31NO5S. The number of allylic oxidation sites excluding steroid dienone is 2. The van der Waals surface area contributed by atoms with Crippen molar-refractivity contribution in [3.8, 4) is 5.75 Å². The number of carbonyl (C=O) groups excluding carboxylic acids is 1. The first kappa shape index (κ1) is 23.1. The van der Waals surface area contributed by atoms with Gasteiger partial charge >= 0.3 is 5.97 Å². The Bertz CT molecular complexity index is 1220. The number of furan rings is 1. The fraction of sp³-hybridized carbons (Fsp3) is 0.444. The predicted octanol–water partition coefficient (Wildman–Crippen LogP) is 5.84. The zero-order valence-corrected chi connectivity index (χ0v) is 20.2. The monoisotopic (exact) mass is 481 g/mol. The maximum atomic E-state index is 12.9. The minimum Gasteiger partial charge on any atom is -0.469 e. The minimum absolute atomic E-state index is 0.159. The molecule has 0 amide bonds. The third-order valence-electron chi connectivity index (χ3n) is 7.40. The molecule has 2 aliphatic rings. The molecule has 0 spiro atoms. The Morgan fingerprint density at radius 2 is 1.94 bits per heavy atom. The van der Waals surface area contributed by atoms with Crippen LogP contribution in [0.5, 0.6) is 5.75 Å². The Morgan fingerprint density at radius 3 is 2.82 bits per heavy atom. The maximum Gasteiger partial charge on any atom is 0.305 e. The van der Waals surface area contributed by atoms with Gasteiger partial charge in [0.05, 0.1) is 7.11 Å². The van der Waals surface area contributed by atoms with Crippen molar-refractivity contribution in [2.75, 3.05) is 7.11 Å². The zero-order chi connectivity index (χ0) is 23.5. The lowest BCUT2D eigenvalue weighted by Crippen LogP contribution is -2.42. The molecule has 6 nitrogen and oxygen atoms in total. The summed E-state index contributed by atoms with van der Waals surface area (Å²) in [5, 5.41) is 1.98. The zero-order valence-electron chi connectivity index (χ0n) is 19.4. The second-order valence-corrected chi connectivity index (χ2v) is 10.3. The molecule has 1 heterocycles. The number of hydrogen-bond acceptors (Lipinski definition) is 5. The number of esters is 1. The maximum absolute atomic E-state index is 12.9. The molecule has 0 radical (unpaired) electrons. The van der Waals surface area contributed by atoms with Crippen LogP contribution in [0, 0.1) is 17.8 Å². The molecule has 1 aromatic heterocycles. The van der Waals surface area contributed by atoms with E-state index in [1.54, 1.807) is 6.07 Å². The van der Waals surface area contributed by atoms with Crippen LogP contribution in [0.25, 0.3) is 21.9 Å². The summed E-state index contributed by atoms with van der Waals surface area (Å²) in [6.45, 7) is 0. The molecule has 2 unspecified atom stereocenters. The third kappa shape index (κ3) is 4.91. The second kappa shape index (κ2) is 10.3. The van der Waals surface area contributed by atoms with Crippen LogP contribution in [-0.4, -0.2) is 23.3 Å². The smallest absolute Gasteiger partial charge is 0.305 e. The summed E-state index contributed by atoms with van der Waals surface area (Å²) in [5.41, 5.74) is 1.62. The van der Waals surface area contributed by atoms with E-state index in [0.29, 0.717) is 29.9 Å². The summed E-state index contributed by atoms with van der Waals surface area (Å²) < 4.78 is 32.6. The van der Waals surface area contributed by atoms with Crippen molar-refractivity contribution in [2.24, 2.45) is 17.8 Å². The van der Waals surface area contributed by atoms with Gasteiger partial charge in [0, 0.05) is 23.2 Å². The SMILES string of the molecule is COC(=O)CCCC=CC[C@H]1C(NS(=O)Oc2ccc3oc4ccccc4c3c2)[C@@H]2CC[C@H]1C2. The Balaban J connectivity index is 1.19. The van der Waals surface area contributed by atoms with Crippen LogP contribution in [0.15, 0.2) is 59.0 Å². The number of para-hydroxylation sites is 1. The van der Waals surface area contributed by atoms with Crippen molar-refractivity contribution in [3.63, 3.8) is 0 Å². The number of benzene rings is 2. The summed E-state index contributed by atoms with van der Waals surface area (Å²) in [7, 11) is 1.42. The highest BCUT2D eigenvalue weighted by Gasteiger charge is 2.47. The van der Waals surface area contributed by atoms with E-state index in [-0.39, 0.29) is 12.0 Å². The molecule has 5 atom stereocenters. The first-order valence-electron chi connectivity index (χ1n) is 12.1. The number of hydrogen-bond donors (Lipinski definition) is 1. The molecule has 1 N–H and O–H groups in total. The minimum atomic E-state index is -1.62. The van der Waals surface area contributed by atoms with Crippen LogP contribution in [0.3, 0.4) is 0 Å². The molecule has 3 aromatic rings. The molecule has 2 bridgehead atoms. The van der Waals surface area contributed by atoms with Crippen LogP contribution in [0.1, 0.15) is 44.9 Å². The van der Waals surface area contributed by atoms with Gasteiger partial charge in [-0.3, -0.25) is 4.79 Å². The third-order valence-corrected chi connectivity index (χ3v) is 8.20. The number of fused-ring (bicyclic) bond motifs is 5. The van der Waals surface area contributed by atoms with Crippen LogP contribution >= 0.6 is 0 Å². The van der Waals surface area contributed by atoms with E-state index in [2.05, 4.69) is 21.6 Å². The van der Waals surface area contributed by atoms with Crippen molar-refractivity contribution in [1.82, 2.24) is 4.72 Å². The van der Waals surface area contributed by atoms with Gasteiger partial charge in [-0.05, 0) is 80.5 Å². The Hall–Kier alpha value is -2.64. The van der Waals surface area contributed by atoms with E-state index in [4.69, 9.17) is 8.60 Å². The molecule has 2 aliphatic carbocycles. The van der Waals surface area contributed by atoms with Gasteiger partial charge in [-0.1, -0.05) is 30.4 Å². The summed E-state index contributed by atoms with van der Waals surface area (Å²) in [6.07, 6.45) is 11.1. The van der Waals surface area contributed by atoms with Gasteiger partial charge in [0.25, 0.3) is 11.3 Å². The number of carbonyl (C=O) groups is 1. The van der Waals surface area contributed by atoms with E-state index in [0.717, 1.165) is 41.2 Å². The van der Waals surface area contributed by atoms with Gasteiger partial charge in [0.2, 0.25) is 0 Å². The molecule has 34 heavy (non-hydrogen) atoms. The molecule has 2 aromatic carbocycles. The molecule has 180 valence electrons. The van der Waals surface area contributed by atoms with Crippen molar-refractivity contribution >= 4 is 39.2 Å². The predicted molar refractivity (Wildman–Crippen MR) is 133 cm³/mol. The fourth-order valence-electron chi connectivity index (χ4n) is 5.75. The first-order valence-corrected chi connectivity index (χ1v) is 13.2. The Kier molecular flexibility index (Phi) is 7.02. The lowest BCUT2D eigenvalue weighted by atomic mass is 9.83. The first-order chi connectivity index (χ1) is 16.6. The Morgan fingerprint density at radius 1 is 1.12 bits per heavy atom. The van der Waals surface area contributed by atoms with Gasteiger partial charge in [-0.15, -0.1) is 0 Å². The van der Waals surface area contributed by atoms with E-state index in [1.807, 2.05) is 36.4 Å². The summed E-state index contributed by atoms with van der Waals surface area (Å²) in [6, 6.07) is 13.7. The summed E-state index contributed by atoms with van der Waals surface area (Å²) in [5.74, 6) is 2.09. The van der Waals surface area contributed by atoms with Crippen molar-refractivity contribution in [3.05, 3.63) is 54.6 Å². The quantitative estimate of drug-likeness (QED) is 0.224. The number of methoxy groups -OCH3 is 1. The van der Waals surface area contributed by atoms with Gasteiger partial charge in [0.15, 0.2) is 0 Å². The molecule has 2 saturated carbocycles. The number of rotatable bonds is 10. The second-order valence-electron chi connectivity index (χ2n) is 9.39. The number of ether oxygens (including phenoxy) is 1. The van der Waals surface area contributed by atoms with Crippen molar-refractivity contribution in [1.29, 1.82) is 0 Å². The average molecular weight is 482 g/mol. The topological polar surface area (TPSA) is 77.8 Å². The summed E-state index contributed by atoms with van der Waals surface area (Å²) in [4.78, 5) is 11.2. The van der Waals surface area contributed by atoms with E-state index in [1.165, 1.54) is 26.4 Å². The lowest BCUT2D eigenvalue weighted by Gasteiger charge is -2.30. The number of nitrogens with one attached hydrogen (secondary N) is 1. The highest BCUT2D eigenvalue weighted by atomic mass is 32.2. The fourth-order valence-corrected chi connectivity index (χ4v) is 6.67. The van der Waals surface area contributed by atoms with Crippen LogP contribution in [0.4, 0.5) is 0 Å². The van der Waals surface area contributed by atoms with Gasteiger partial charge in [-0.2, -0.15) is 4.21 Å². The van der Waals surface area contributed by atoms with Gasteiger partial charge in [0.1, 0.15) is 16.9 Å². The standard InChI is InChI=1S/C27H31NO5S/c1-31-26(29)11-5-3-2-4-8-21-18-12-13-19(16-18)27(21)28-34(30)33-20-14-15-25-23(17-20)22-9-6-7-10-24(22)32-25/h2,4,6-7,9-10,14-15,17-19,21,27-28H,3,5,8,11-13,16H2,1H3/t18-,19+,21+,27?,34?/m0/s1. The van der Waals surface area contributed by atoms with Crippen LogP contribution in [0.2, 0.25) is 0 Å². The molecule has 5 rings (SSSR count). The number of unbranched alkanes of at least 4 members (excludes halogenated alkanes) is 1. The molecular weight excluding hydrogens is 450 g/mol. The normalized spacial score (nSPS) is 24.9. The van der Waals surface area contributed by atoms with E-state index in [9.17, 15) is 9.00 Å². The van der Waals surface area contributed by atoms with Gasteiger partial charge in [-0.25, -0.2) is 4.72 Å².